The van der Waals surface area contributed by atoms with Gasteiger partial charge in [0.2, 0.25) is 11.8 Å². The number of hydrogen-bond donors (Lipinski definition) is 1. The Hall–Kier alpha value is -3.41. The van der Waals surface area contributed by atoms with Gasteiger partial charge in [0.05, 0.1) is 11.6 Å². The highest BCUT2D eigenvalue weighted by atomic mass is 16.2. The third-order valence-corrected chi connectivity index (χ3v) is 5.02. The fourth-order valence-corrected chi connectivity index (χ4v) is 3.62. The molecule has 0 spiro atoms. The van der Waals surface area contributed by atoms with Gasteiger partial charge in [0, 0.05) is 36.7 Å². The summed E-state index contributed by atoms with van der Waals surface area (Å²) in [6.07, 6.45) is 3.77. The summed E-state index contributed by atoms with van der Waals surface area (Å²) in [5, 5.41) is 7.15. The second kappa shape index (κ2) is 7.31. The Labute approximate surface area is 163 Å². The van der Waals surface area contributed by atoms with Crippen LogP contribution in [0.15, 0.2) is 60.9 Å². The number of hydrogen-bond acceptors (Lipinski definition) is 3. The second-order valence-corrected chi connectivity index (χ2v) is 7.19. The third-order valence-electron chi connectivity index (χ3n) is 5.02. The molecule has 142 valence electrons. The van der Waals surface area contributed by atoms with Gasteiger partial charge in [-0.15, -0.1) is 0 Å². The average molecular weight is 374 g/mol. The molecule has 0 radical (unpaired) electrons. The zero-order valence-corrected chi connectivity index (χ0v) is 15.9. The Balaban J connectivity index is 1.47. The number of aryl methyl sites for hydroxylation is 2. The van der Waals surface area contributed by atoms with Crippen LogP contribution in [0.1, 0.15) is 17.5 Å². The van der Waals surface area contributed by atoms with Crippen molar-refractivity contribution in [3.63, 3.8) is 0 Å². The van der Waals surface area contributed by atoms with Crippen molar-refractivity contribution in [2.24, 2.45) is 5.92 Å². The predicted octanol–water partition coefficient (Wildman–Crippen LogP) is 3.48. The molecule has 1 fully saturated rings. The lowest BCUT2D eigenvalue weighted by Gasteiger charge is -2.19. The quantitative estimate of drug-likeness (QED) is 0.760. The SMILES string of the molecule is Cc1ccc(N2C[C@@H](C(=O)Nc3cccc(-n4cccn4)c3)CC2=O)c(C)c1. The fourth-order valence-electron chi connectivity index (χ4n) is 3.62. The zero-order chi connectivity index (χ0) is 19.7. The Kier molecular flexibility index (Phi) is 4.69. The molecule has 0 unspecified atom stereocenters. The monoisotopic (exact) mass is 374 g/mol. The first-order chi connectivity index (χ1) is 13.5. The summed E-state index contributed by atoms with van der Waals surface area (Å²) in [5.74, 6) is -0.530. The highest BCUT2D eigenvalue weighted by molar-refractivity contribution is 6.03. The smallest absolute Gasteiger partial charge is 0.229 e. The van der Waals surface area contributed by atoms with E-state index >= 15 is 0 Å². The van der Waals surface area contributed by atoms with E-state index < -0.39 is 0 Å². The molecule has 0 aliphatic carbocycles. The van der Waals surface area contributed by atoms with Gasteiger partial charge in [0.15, 0.2) is 0 Å². The molecule has 1 atom stereocenters. The number of aromatic nitrogens is 2. The molecule has 4 rings (SSSR count). The van der Waals surface area contributed by atoms with Crippen molar-refractivity contribution in [2.45, 2.75) is 20.3 Å². The van der Waals surface area contributed by atoms with Gasteiger partial charge < -0.3 is 10.2 Å². The average Bonchev–Trinajstić information content (AvgIpc) is 3.32. The van der Waals surface area contributed by atoms with Crippen LogP contribution in [0.4, 0.5) is 11.4 Å². The second-order valence-electron chi connectivity index (χ2n) is 7.19. The maximum absolute atomic E-state index is 12.8. The van der Waals surface area contributed by atoms with Gasteiger partial charge in [0.1, 0.15) is 0 Å². The molecule has 28 heavy (non-hydrogen) atoms. The standard InChI is InChI=1S/C22H22N4O2/c1-15-7-8-20(16(2)11-15)25-14-17(12-21(25)27)22(28)24-18-5-3-6-19(13-18)26-10-4-9-23-26/h3-11,13,17H,12,14H2,1-2H3,(H,24,28)/t17-/m0/s1. The van der Waals surface area contributed by atoms with Crippen molar-refractivity contribution in [1.29, 1.82) is 0 Å². The van der Waals surface area contributed by atoms with Crippen LogP contribution in [0.3, 0.4) is 0 Å². The molecule has 6 nitrogen and oxygen atoms in total. The van der Waals surface area contributed by atoms with E-state index in [9.17, 15) is 9.59 Å². The van der Waals surface area contributed by atoms with Crippen LogP contribution < -0.4 is 10.2 Å². The van der Waals surface area contributed by atoms with Crippen LogP contribution in [-0.2, 0) is 9.59 Å². The molecule has 1 saturated heterocycles. The van der Waals surface area contributed by atoms with Crippen molar-refractivity contribution in [3.05, 3.63) is 72.1 Å². The van der Waals surface area contributed by atoms with E-state index in [1.807, 2.05) is 62.5 Å². The minimum Gasteiger partial charge on any atom is -0.326 e. The molecule has 3 aromatic rings. The maximum atomic E-state index is 12.8. The van der Waals surface area contributed by atoms with Crippen LogP contribution in [0.2, 0.25) is 0 Å². The third kappa shape index (κ3) is 3.53. The number of nitrogens with one attached hydrogen (secondary N) is 1. The number of amides is 2. The molecule has 6 heteroatoms. The molecule has 2 heterocycles. The summed E-state index contributed by atoms with van der Waals surface area (Å²) in [6, 6.07) is 15.3. The van der Waals surface area contributed by atoms with Crippen molar-refractivity contribution in [1.82, 2.24) is 9.78 Å². The van der Waals surface area contributed by atoms with Gasteiger partial charge in [-0.1, -0.05) is 23.8 Å². The van der Waals surface area contributed by atoms with Crippen molar-refractivity contribution < 1.29 is 9.59 Å². The summed E-state index contributed by atoms with van der Waals surface area (Å²) >= 11 is 0. The number of carbonyl (C=O) groups is 2. The Morgan fingerprint density at radius 1 is 1.14 bits per heavy atom. The van der Waals surface area contributed by atoms with Crippen molar-refractivity contribution >= 4 is 23.2 Å². The lowest BCUT2D eigenvalue weighted by Crippen LogP contribution is -2.28. The molecule has 1 aromatic heterocycles. The minimum absolute atomic E-state index is 0.0163. The summed E-state index contributed by atoms with van der Waals surface area (Å²) in [5.41, 5.74) is 4.63. The summed E-state index contributed by atoms with van der Waals surface area (Å²) in [4.78, 5) is 27.0. The summed E-state index contributed by atoms with van der Waals surface area (Å²) in [6.45, 7) is 4.41. The number of benzene rings is 2. The summed E-state index contributed by atoms with van der Waals surface area (Å²) in [7, 11) is 0. The van der Waals surface area contributed by atoms with E-state index in [1.165, 1.54) is 0 Å². The highest BCUT2D eigenvalue weighted by Gasteiger charge is 2.35. The van der Waals surface area contributed by atoms with Crippen molar-refractivity contribution in [3.8, 4) is 5.69 Å². The minimum atomic E-state index is -0.374. The van der Waals surface area contributed by atoms with Crippen LogP contribution >= 0.6 is 0 Å². The van der Waals surface area contributed by atoms with Crippen LogP contribution in [-0.4, -0.2) is 28.1 Å². The van der Waals surface area contributed by atoms with Crippen LogP contribution in [0, 0.1) is 19.8 Å². The molecular formula is C22H22N4O2. The van der Waals surface area contributed by atoms with E-state index in [4.69, 9.17) is 0 Å². The molecular weight excluding hydrogens is 352 g/mol. The Bertz CT molecular complexity index is 1030. The van der Waals surface area contributed by atoms with Gasteiger partial charge in [-0.25, -0.2) is 4.68 Å². The number of carbonyl (C=O) groups excluding carboxylic acids is 2. The van der Waals surface area contributed by atoms with E-state index in [2.05, 4.69) is 16.5 Å². The van der Waals surface area contributed by atoms with E-state index in [-0.39, 0.29) is 24.2 Å². The lowest BCUT2D eigenvalue weighted by atomic mass is 10.1. The molecule has 0 bridgehead atoms. The first kappa shape index (κ1) is 18.0. The van der Waals surface area contributed by atoms with Crippen LogP contribution in [0.25, 0.3) is 5.69 Å². The number of rotatable bonds is 4. The Morgan fingerprint density at radius 3 is 2.75 bits per heavy atom. The summed E-state index contributed by atoms with van der Waals surface area (Å²) < 4.78 is 1.73. The topological polar surface area (TPSA) is 67.2 Å². The molecule has 0 saturated carbocycles. The zero-order valence-electron chi connectivity index (χ0n) is 15.9. The van der Waals surface area contributed by atoms with Gasteiger partial charge >= 0.3 is 0 Å². The van der Waals surface area contributed by atoms with Gasteiger partial charge in [0.25, 0.3) is 0 Å². The number of nitrogens with zero attached hydrogens (tertiary/aromatic N) is 3. The fraction of sp³-hybridized carbons (Fsp3) is 0.227. The highest BCUT2D eigenvalue weighted by Crippen LogP contribution is 2.29. The molecule has 2 amide bonds. The Morgan fingerprint density at radius 2 is 2.00 bits per heavy atom. The van der Waals surface area contributed by atoms with Gasteiger partial charge in [-0.2, -0.15) is 5.10 Å². The maximum Gasteiger partial charge on any atom is 0.229 e. The normalized spacial score (nSPS) is 16.4. The molecule has 1 aliphatic heterocycles. The van der Waals surface area contributed by atoms with Gasteiger partial charge in [-0.3, -0.25) is 9.59 Å². The van der Waals surface area contributed by atoms with E-state index in [0.717, 1.165) is 22.5 Å². The molecule has 1 aliphatic rings. The first-order valence-electron chi connectivity index (χ1n) is 9.30. The van der Waals surface area contributed by atoms with E-state index in [1.54, 1.807) is 15.8 Å². The van der Waals surface area contributed by atoms with E-state index in [0.29, 0.717) is 12.2 Å². The number of anilines is 2. The largest absolute Gasteiger partial charge is 0.326 e. The van der Waals surface area contributed by atoms with Crippen LogP contribution in [0.5, 0.6) is 0 Å². The molecule has 2 aromatic carbocycles. The molecule has 1 N–H and O–H groups in total. The lowest BCUT2D eigenvalue weighted by molar-refractivity contribution is -0.122. The van der Waals surface area contributed by atoms with Gasteiger partial charge in [-0.05, 0) is 49.7 Å². The predicted molar refractivity (Wildman–Crippen MR) is 109 cm³/mol. The first-order valence-corrected chi connectivity index (χ1v) is 9.30. The van der Waals surface area contributed by atoms with Crippen molar-refractivity contribution in [2.75, 3.05) is 16.8 Å².